The predicted octanol–water partition coefficient (Wildman–Crippen LogP) is 2.40. The van der Waals surface area contributed by atoms with Gasteiger partial charge in [-0.05, 0) is 19.1 Å². The highest BCUT2D eigenvalue weighted by Crippen LogP contribution is 2.23. The Balaban J connectivity index is 2.64. The summed E-state index contributed by atoms with van der Waals surface area (Å²) in [5.74, 6) is 0.505. The van der Waals surface area contributed by atoms with Gasteiger partial charge in [0.25, 0.3) is 5.56 Å². The highest BCUT2D eigenvalue weighted by Gasteiger charge is 2.05. The van der Waals surface area contributed by atoms with E-state index in [9.17, 15) is 4.79 Å². The maximum atomic E-state index is 11.3. The molecule has 0 radical (unpaired) electrons. The third-order valence-corrected chi connectivity index (χ3v) is 2.33. The van der Waals surface area contributed by atoms with Gasteiger partial charge in [-0.25, -0.2) is 4.98 Å². The molecule has 0 amide bonds. The van der Waals surface area contributed by atoms with Crippen molar-refractivity contribution in [2.24, 2.45) is 0 Å². The van der Waals surface area contributed by atoms with Crippen molar-refractivity contribution in [2.75, 3.05) is 0 Å². The summed E-state index contributed by atoms with van der Waals surface area (Å²) < 4.78 is 0. The second-order valence-corrected chi connectivity index (χ2v) is 3.62. The zero-order valence-electron chi connectivity index (χ0n) is 8.12. The molecule has 1 N–H and O–H groups in total. The molecule has 0 bridgehead atoms. The van der Waals surface area contributed by atoms with Crippen LogP contribution in [0.25, 0.3) is 11.4 Å². The molecule has 15 heavy (non-hydrogen) atoms. The van der Waals surface area contributed by atoms with Gasteiger partial charge in [-0.1, -0.05) is 23.7 Å². The lowest BCUT2D eigenvalue weighted by molar-refractivity contribution is 1.07. The third kappa shape index (κ3) is 2.07. The molecular formula is C11H9ClN2O. The Morgan fingerprint density at radius 2 is 2.07 bits per heavy atom. The number of hydrogen-bond donors (Lipinski definition) is 1. The predicted molar refractivity (Wildman–Crippen MR) is 60.0 cm³/mol. The van der Waals surface area contributed by atoms with Crippen LogP contribution < -0.4 is 5.56 Å². The van der Waals surface area contributed by atoms with Crippen molar-refractivity contribution in [1.29, 1.82) is 0 Å². The van der Waals surface area contributed by atoms with Gasteiger partial charge in [0.15, 0.2) is 0 Å². The van der Waals surface area contributed by atoms with Crippen molar-refractivity contribution < 1.29 is 0 Å². The van der Waals surface area contributed by atoms with Crippen molar-refractivity contribution in [3.8, 4) is 11.4 Å². The van der Waals surface area contributed by atoms with E-state index in [0.29, 0.717) is 16.5 Å². The monoisotopic (exact) mass is 220 g/mol. The highest BCUT2D eigenvalue weighted by molar-refractivity contribution is 6.33. The van der Waals surface area contributed by atoms with Gasteiger partial charge in [0.1, 0.15) is 5.82 Å². The first-order valence-corrected chi connectivity index (χ1v) is 4.87. The fraction of sp³-hybridized carbons (Fsp3) is 0.0909. The molecular weight excluding hydrogens is 212 g/mol. The van der Waals surface area contributed by atoms with E-state index in [4.69, 9.17) is 11.6 Å². The quantitative estimate of drug-likeness (QED) is 0.802. The number of halogens is 1. The minimum absolute atomic E-state index is 0.169. The Morgan fingerprint density at radius 3 is 2.73 bits per heavy atom. The molecule has 0 saturated heterocycles. The Labute approximate surface area is 91.8 Å². The van der Waals surface area contributed by atoms with Gasteiger partial charge >= 0.3 is 0 Å². The molecule has 4 heteroatoms. The molecule has 0 saturated carbocycles. The van der Waals surface area contributed by atoms with Gasteiger partial charge in [0.2, 0.25) is 0 Å². The van der Waals surface area contributed by atoms with E-state index >= 15 is 0 Å². The number of nitrogens with one attached hydrogen (secondary N) is 1. The molecule has 0 spiro atoms. The molecule has 0 fully saturated rings. The second-order valence-electron chi connectivity index (χ2n) is 3.22. The van der Waals surface area contributed by atoms with Crippen LogP contribution in [0, 0.1) is 6.92 Å². The number of aryl methyl sites for hydroxylation is 1. The van der Waals surface area contributed by atoms with E-state index in [-0.39, 0.29) is 5.56 Å². The number of H-pyrrole nitrogens is 1. The number of aromatic nitrogens is 2. The van der Waals surface area contributed by atoms with E-state index in [0.717, 1.165) is 5.56 Å². The first-order chi connectivity index (χ1) is 7.16. The van der Waals surface area contributed by atoms with Crippen LogP contribution in [-0.4, -0.2) is 9.97 Å². The van der Waals surface area contributed by atoms with E-state index < -0.39 is 0 Å². The van der Waals surface area contributed by atoms with Gasteiger partial charge in [0.05, 0.1) is 5.02 Å². The van der Waals surface area contributed by atoms with Crippen LogP contribution in [0.4, 0.5) is 0 Å². The van der Waals surface area contributed by atoms with Crippen LogP contribution in [0.1, 0.15) is 5.69 Å². The summed E-state index contributed by atoms with van der Waals surface area (Å²) in [5, 5.41) is 0.575. The summed E-state index contributed by atoms with van der Waals surface area (Å²) in [4.78, 5) is 18.1. The largest absolute Gasteiger partial charge is 0.306 e. The standard InChI is InChI=1S/C11H9ClN2O/c1-7-6-10(15)14-11(13-7)8-4-2-3-5-9(8)12/h2-6H,1H3,(H,13,14,15). The van der Waals surface area contributed by atoms with E-state index in [1.807, 2.05) is 18.2 Å². The lowest BCUT2D eigenvalue weighted by Crippen LogP contribution is -2.08. The van der Waals surface area contributed by atoms with Crippen LogP contribution in [0.5, 0.6) is 0 Å². The molecule has 3 nitrogen and oxygen atoms in total. The first-order valence-electron chi connectivity index (χ1n) is 4.50. The number of hydrogen-bond acceptors (Lipinski definition) is 2. The fourth-order valence-corrected chi connectivity index (χ4v) is 1.59. The summed E-state index contributed by atoms with van der Waals surface area (Å²) in [6.45, 7) is 1.77. The number of benzene rings is 1. The zero-order valence-corrected chi connectivity index (χ0v) is 8.88. The normalized spacial score (nSPS) is 10.3. The van der Waals surface area contributed by atoms with Crippen LogP contribution in [0.2, 0.25) is 5.02 Å². The molecule has 2 aromatic rings. The molecule has 0 aliphatic carbocycles. The van der Waals surface area contributed by atoms with Crippen molar-refractivity contribution in [3.63, 3.8) is 0 Å². The minimum atomic E-state index is -0.169. The third-order valence-electron chi connectivity index (χ3n) is 2.00. The fourth-order valence-electron chi connectivity index (χ4n) is 1.36. The molecule has 0 aliphatic rings. The average Bonchev–Trinajstić information content (AvgIpc) is 2.16. The topological polar surface area (TPSA) is 45.8 Å². The van der Waals surface area contributed by atoms with Crippen molar-refractivity contribution in [3.05, 3.63) is 51.4 Å². The summed E-state index contributed by atoms with van der Waals surface area (Å²) in [6.07, 6.45) is 0. The lowest BCUT2D eigenvalue weighted by Gasteiger charge is -2.03. The minimum Gasteiger partial charge on any atom is -0.306 e. The van der Waals surface area contributed by atoms with Crippen molar-refractivity contribution >= 4 is 11.6 Å². The molecule has 0 aliphatic heterocycles. The van der Waals surface area contributed by atoms with Crippen LogP contribution >= 0.6 is 11.6 Å². The van der Waals surface area contributed by atoms with Gasteiger partial charge in [-0.2, -0.15) is 0 Å². The molecule has 1 aromatic carbocycles. The second kappa shape index (κ2) is 3.87. The van der Waals surface area contributed by atoms with Gasteiger partial charge in [0, 0.05) is 17.3 Å². The summed E-state index contributed by atoms with van der Waals surface area (Å²) in [7, 11) is 0. The SMILES string of the molecule is Cc1cc(=O)[nH]c(-c2ccccc2Cl)n1. The molecule has 2 rings (SSSR count). The lowest BCUT2D eigenvalue weighted by atomic mass is 10.2. The summed E-state index contributed by atoms with van der Waals surface area (Å²) >= 11 is 6.00. The van der Waals surface area contributed by atoms with Crippen LogP contribution in [-0.2, 0) is 0 Å². The Kier molecular flexibility index (Phi) is 2.56. The smallest absolute Gasteiger partial charge is 0.251 e. The Bertz CT molecular complexity index is 548. The molecule has 0 atom stereocenters. The molecule has 1 heterocycles. The van der Waals surface area contributed by atoms with Crippen molar-refractivity contribution in [1.82, 2.24) is 9.97 Å². The number of nitrogens with zero attached hydrogens (tertiary/aromatic N) is 1. The number of aromatic amines is 1. The summed E-state index contributed by atoms with van der Waals surface area (Å²) in [5.41, 5.74) is 1.24. The number of rotatable bonds is 1. The molecule has 76 valence electrons. The summed E-state index contributed by atoms with van der Waals surface area (Å²) in [6, 6.07) is 8.71. The van der Waals surface area contributed by atoms with E-state index in [1.54, 1.807) is 13.0 Å². The average molecular weight is 221 g/mol. The van der Waals surface area contributed by atoms with Crippen LogP contribution in [0.3, 0.4) is 0 Å². The van der Waals surface area contributed by atoms with Gasteiger partial charge < -0.3 is 4.98 Å². The van der Waals surface area contributed by atoms with E-state index in [1.165, 1.54) is 6.07 Å². The van der Waals surface area contributed by atoms with Gasteiger partial charge in [-0.3, -0.25) is 4.79 Å². The molecule has 1 aromatic heterocycles. The zero-order chi connectivity index (χ0) is 10.8. The van der Waals surface area contributed by atoms with Crippen LogP contribution in [0.15, 0.2) is 35.1 Å². The maximum absolute atomic E-state index is 11.3. The van der Waals surface area contributed by atoms with Crippen molar-refractivity contribution in [2.45, 2.75) is 6.92 Å². The van der Waals surface area contributed by atoms with E-state index in [2.05, 4.69) is 9.97 Å². The van der Waals surface area contributed by atoms with Gasteiger partial charge in [-0.15, -0.1) is 0 Å². The Hall–Kier alpha value is -1.61. The Morgan fingerprint density at radius 1 is 1.33 bits per heavy atom. The maximum Gasteiger partial charge on any atom is 0.251 e. The first kappa shape index (κ1) is 9.93. The molecule has 0 unspecified atom stereocenters. The highest BCUT2D eigenvalue weighted by atomic mass is 35.5.